The van der Waals surface area contributed by atoms with Gasteiger partial charge in [-0.3, -0.25) is 0 Å². The van der Waals surface area contributed by atoms with Crippen LogP contribution < -0.4 is 5.32 Å². The summed E-state index contributed by atoms with van der Waals surface area (Å²) < 4.78 is 1.79. The van der Waals surface area contributed by atoms with Gasteiger partial charge in [-0.2, -0.15) is 14.6 Å². The number of nitrogens with one attached hydrogen (secondary N) is 1. The monoisotopic (exact) mass is 321 g/mol. The van der Waals surface area contributed by atoms with Crippen molar-refractivity contribution in [1.82, 2.24) is 19.6 Å². The molecule has 1 aliphatic carbocycles. The molecule has 0 spiro atoms. The minimum Gasteiger partial charge on any atom is -0.363 e. The van der Waals surface area contributed by atoms with Gasteiger partial charge in [0.2, 0.25) is 0 Å². The van der Waals surface area contributed by atoms with Crippen LogP contribution in [0.25, 0.3) is 5.78 Å². The van der Waals surface area contributed by atoms with Crippen LogP contribution in [0.15, 0.2) is 30.6 Å². The third-order valence-electron chi connectivity index (χ3n) is 4.85. The van der Waals surface area contributed by atoms with E-state index in [1.807, 2.05) is 13.0 Å². The van der Waals surface area contributed by atoms with E-state index in [-0.39, 0.29) is 0 Å². The second-order valence-corrected chi connectivity index (χ2v) is 6.96. The first kappa shape index (κ1) is 15.1. The fraction of sp³-hybridized carbons (Fsp3) is 0.421. The number of aryl methyl sites for hydroxylation is 2. The zero-order chi connectivity index (χ0) is 16.7. The molecule has 0 saturated carbocycles. The second-order valence-electron chi connectivity index (χ2n) is 6.96. The number of anilines is 1. The van der Waals surface area contributed by atoms with Crippen LogP contribution in [0, 0.1) is 6.92 Å². The van der Waals surface area contributed by atoms with Gasteiger partial charge in [-0.05, 0) is 48.8 Å². The van der Waals surface area contributed by atoms with Gasteiger partial charge in [0.05, 0.1) is 6.04 Å². The van der Waals surface area contributed by atoms with E-state index in [4.69, 9.17) is 0 Å². The predicted octanol–water partition coefficient (Wildman–Crippen LogP) is 4.05. The summed E-state index contributed by atoms with van der Waals surface area (Å²) in [5, 5.41) is 8.00. The van der Waals surface area contributed by atoms with Crippen LogP contribution in [-0.4, -0.2) is 19.6 Å². The van der Waals surface area contributed by atoms with E-state index in [1.165, 1.54) is 29.5 Å². The molecule has 5 heteroatoms. The molecule has 0 saturated heterocycles. The van der Waals surface area contributed by atoms with Crippen LogP contribution in [-0.2, 0) is 6.42 Å². The van der Waals surface area contributed by atoms with E-state index in [9.17, 15) is 0 Å². The van der Waals surface area contributed by atoms with Crippen LogP contribution in [0.1, 0.15) is 61.0 Å². The molecule has 2 heterocycles. The third-order valence-corrected chi connectivity index (χ3v) is 4.85. The Morgan fingerprint density at radius 2 is 2.12 bits per heavy atom. The van der Waals surface area contributed by atoms with E-state index in [0.717, 1.165) is 17.9 Å². The van der Waals surface area contributed by atoms with Crippen molar-refractivity contribution in [3.05, 3.63) is 53.0 Å². The highest BCUT2D eigenvalue weighted by atomic mass is 15.4. The fourth-order valence-corrected chi connectivity index (χ4v) is 3.54. The second kappa shape index (κ2) is 5.89. The standard InChI is InChI=1S/C19H23N5/c1-12(2)15-8-7-14-5-4-6-17(16(14)10-15)23-18-9-13(3)22-19-20-11-21-24(18)19/h7-12,17,23H,4-6H2,1-3H3/t17-/m1/s1. The molecule has 0 amide bonds. The summed E-state index contributed by atoms with van der Waals surface area (Å²) in [6.45, 7) is 6.49. The van der Waals surface area contributed by atoms with Crippen molar-refractivity contribution in [1.29, 1.82) is 0 Å². The van der Waals surface area contributed by atoms with Crippen molar-refractivity contribution in [2.75, 3.05) is 5.32 Å². The number of fused-ring (bicyclic) bond motifs is 2. The lowest BCUT2D eigenvalue weighted by atomic mass is 9.85. The van der Waals surface area contributed by atoms with Gasteiger partial charge in [-0.15, -0.1) is 0 Å². The van der Waals surface area contributed by atoms with E-state index < -0.39 is 0 Å². The van der Waals surface area contributed by atoms with Crippen LogP contribution in [0.4, 0.5) is 5.82 Å². The summed E-state index contributed by atoms with van der Waals surface area (Å²) in [5.74, 6) is 2.15. The summed E-state index contributed by atoms with van der Waals surface area (Å²) in [6.07, 6.45) is 5.06. The smallest absolute Gasteiger partial charge is 0.254 e. The Hall–Kier alpha value is -2.43. The molecule has 0 unspecified atom stereocenters. The lowest BCUT2D eigenvalue weighted by Crippen LogP contribution is -2.19. The molecule has 0 fully saturated rings. The van der Waals surface area contributed by atoms with Crippen LogP contribution in [0.3, 0.4) is 0 Å². The zero-order valence-corrected chi connectivity index (χ0v) is 14.5. The topological polar surface area (TPSA) is 55.1 Å². The first-order valence-electron chi connectivity index (χ1n) is 8.68. The SMILES string of the molecule is Cc1cc(N[C@@H]2CCCc3ccc(C(C)C)cc32)n2ncnc2n1. The Morgan fingerprint density at radius 3 is 2.96 bits per heavy atom. The maximum Gasteiger partial charge on any atom is 0.254 e. The first-order chi connectivity index (χ1) is 11.6. The molecule has 2 aromatic heterocycles. The van der Waals surface area contributed by atoms with Crippen molar-refractivity contribution in [3.8, 4) is 0 Å². The first-order valence-corrected chi connectivity index (χ1v) is 8.68. The van der Waals surface area contributed by atoms with Crippen molar-refractivity contribution in [2.24, 2.45) is 0 Å². The fourth-order valence-electron chi connectivity index (χ4n) is 3.54. The molecule has 5 nitrogen and oxygen atoms in total. The summed E-state index contributed by atoms with van der Waals surface area (Å²) >= 11 is 0. The summed E-state index contributed by atoms with van der Waals surface area (Å²) in [5.41, 5.74) is 5.24. The van der Waals surface area contributed by atoms with E-state index in [2.05, 4.69) is 52.4 Å². The molecule has 124 valence electrons. The Balaban J connectivity index is 1.73. The molecule has 1 aliphatic rings. The zero-order valence-electron chi connectivity index (χ0n) is 14.5. The maximum absolute atomic E-state index is 4.42. The third kappa shape index (κ3) is 2.64. The highest BCUT2D eigenvalue weighted by Crippen LogP contribution is 2.34. The Labute approximate surface area is 142 Å². The molecule has 1 N–H and O–H groups in total. The maximum atomic E-state index is 4.42. The van der Waals surface area contributed by atoms with Gasteiger partial charge in [-0.25, -0.2) is 4.98 Å². The minimum atomic E-state index is 0.307. The van der Waals surface area contributed by atoms with Crippen molar-refractivity contribution in [3.63, 3.8) is 0 Å². The lowest BCUT2D eigenvalue weighted by Gasteiger charge is -2.28. The lowest BCUT2D eigenvalue weighted by molar-refractivity contribution is 0.594. The summed E-state index contributed by atoms with van der Waals surface area (Å²) in [6, 6.07) is 9.31. The van der Waals surface area contributed by atoms with Gasteiger partial charge in [-0.1, -0.05) is 32.0 Å². The number of rotatable bonds is 3. The molecule has 4 rings (SSSR count). The molecule has 0 bridgehead atoms. The van der Waals surface area contributed by atoms with Crippen molar-refractivity contribution in [2.45, 2.75) is 52.0 Å². The Kier molecular flexibility index (Phi) is 3.71. The van der Waals surface area contributed by atoms with Gasteiger partial charge in [0.15, 0.2) is 0 Å². The van der Waals surface area contributed by atoms with Crippen LogP contribution in [0.5, 0.6) is 0 Å². The van der Waals surface area contributed by atoms with Crippen molar-refractivity contribution < 1.29 is 0 Å². The highest BCUT2D eigenvalue weighted by molar-refractivity contribution is 5.48. The van der Waals surface area contributed by atoms with E-state index >= 15 is 0 Å². The van der Waals surface area contributed by atoms with Gasteiger partial charge in [0, 0.05) is 11.8 Å². The molecule has 1 atom stereocenters. The number of nitrogens with zero attached hydrogens (tertiary/aromatic N) is 4. The molecule has 1 aromatic carbocycles. The number of hydrogen-bond acceptors (Lipinski definition) is 4. The minimum absolute atomic E-state index is 0.307. The molecule has 3 aromatic rings. The molecule has 0 aliphatic heterocycles. The van der Waals surface area contributed by atoms with Gasteiger partial charge in [0.1, 0.15) is 12.1 Å². The van der Waals surface area contributed by atoms with E-state index in [1.54, 1.807) is 10.8 Å². The molecule has 24 heavy (non-hydrogen) atoms. The Bertz CT molecular complexity index is 881. The van der Waals surface area contributed by atoms with Crippen LogP contribution in [0.2, 0.25) is 0 Å². The van der Waals surface area contributed by atoms with Crippen LogP contribution >= 0.6 is 0 Å². The number of aromatic nitrogens is 4. The number of hydrogen-bond donors (Lipinski definition) is 1. The average Bonchev–Trinajstić information content (AvgIpc) is 3.03. The molecular weight excluding hydrogens is 298 g/mol. The van der Waals surface area contributed by atoms with Gasteiger partial charge in [0.25, 0.3) is 5.78 Å². The largest absolute Gasteiger partial charge is 0.363 e. The van der Waals surface area contributed by atoms with Gasteiger partial charge < -0.3 is 5.32 Å². The number of benzene rings is 1. The van der Waals surface area contributed by atoms with Crippen molar-refractivity contribution >= 4 is 11.6 Å². The Morgan fingerprint density at radius 1 is 1.25 bits per heavy atom. The molecule has 0 radical (unpaired) electrons. The van der Waals surface area contributed by atoms with Gasteiger partial charge >= 0.3 is 0 Å². The predicted molar refractivity (Wildman–Crippen MR) is 95.4 cm³/mol. The summed E-state index contributed by atoms with van der Waals surface area (Å²) in [4.78, 5) is 8.64. The molecular formula is C19H23N5. The van der Waals surface area contributed by atoms with E-state index in [0.29, 0.717) is 17.7 Å². The summed E-state index contributed by atoms with van der Waals surface area (Å²) in [7, 11) is 0. The normalized spacial score (nSPS) is 17.2. The highest BCUT2D eigenvalue weighted by Gasteiger charge is 2.22. The quantitative estimate of drug-likeness (QED) is 0.791. The average molecular weight is 321 g/mol.